The summed E-state index contributed by atoms with van der Waals surface area (Å²) < 4.78 is 23.8. The van der Waals surface area contributed by atoms with E-state index in [9.17, 15) is 5.11 Å². The van der Waals surface area contributed by atoms with Gasteiger partial charge in [-0.25, -0.2) is 0 Å². The van der Waals surface area contributed by atoms with Crippen molar-refractivity contribution in [2.24, 2.45) is 0 Å². The van der Waals surface area contributed by atoms with Crippen molar-refractivity contribution in [3.8, 4) is 11.5 Å². The largest absolute Gasteiger partial charge is 0.507 e. The van der Waals surface area contributed by atoms with Crippen LogP contribution in [0.15, 0.2) is 42.5 Å². The van der Waals surface area contributed by atoms with Crippen LogP contribution in [0.3, 0.4) is 0 Å². The molecule has 3 aromatic carbocycles. The van der Waals surface area contributed by atoms with Crippen molar-refractivity contribution in [3.63, 3.8) is 0 Å². The minimum atomic E-state index is -0.0497. The zero-order valence-electron chi connectivity index (χ0n) is 21.1. The van der Waals surface area contributed by atoms with Crippen LogP contribution in [0.1, 0.15) is 53.0 Å². The van der Waals surface area contributed by atoms with Crippen LogP contribution in [0.2, 0.25) is 0 Å². The highest BCUT2D eigenvalue weighted by atomic mass is 16.6. The molecule has 0 aliphatic carbocycles. The van der Waals surface area contributed by atoms with E-state index in [4.69, 9.17) is 18.9 Å². The lowest BCUT2D eigenvalue weighted by atomic mass is 9.85. The maximum Gasteiger partial charge on any atom is 0.135 e. The van der Waals surface area contributed by atoms with Gasteiger partial charge in [0.15, 0.2) is 0 Å². The van der Waals surface area contributed by atoms with Gasteiger partial charge in [0.25, 0.3) is 0 Å². The molecule has 1 fully saturated rings. The normalized spacial score (nSPS) is 17.7. The SMILES string of the molecule is CCC(COc1c2ccccc2c(O)c2cc(C(C)(C)C)ccc12)OCC(CC)OCC1CO1. The number of hydrogen-bond donors (Lipinski definition) is 1. The molecule has 184 valence electrons. The van der Waals surface area contributed by atoms with Crippen LogP contribution in [-0.2, 0) is 19.6 Å². The Balaban J connectivity index is 1.56. The van der Waals surface area contributed by atoms with Crippen LogP contribution in [-0.4, -0.2) is 49.8 Å². The van der Waals surface area contributed by atoms with Crippen LogP contribution >= 0.6 is 0 Å². The number of aromatic hydroxyl groups is 1. The van der Waals surface area contributed by atoms with Crippen molar-refractivity contribution in [1.29, 1.82) is 0 Å². The molecule has 0 aromatic heterocycles. The maximum absolute atomic E-state index is 11.1. The number of ether oxygens (including phenoxy) is 4. The third-order valence-electron chi connectivity index (χ3n) is 6.57. The summed E-state index contributed by atoms with van der Waals surface area (Å²) in [6, 6.07) is 14.2. The Kier molecular flexibility index (Phi) is 7.66. The molecule has 0 saturated carbocycles. The molecule has 1 aliphatic heterocycles. The number of hydrogen-bond acceptors (Lipinski definition) is 5. The van der Waals surface area contributed by atoms with Gasteiger partial charge in [-0.15, -0.1) is 0 Å². The lowest BCUT2D eigenvalue weighted by Gasteiger charge is -2.23. The average molecular weight is 467 g/mol. The van der Waals surface area contributed by atoms with Gasteiger partial charge in [0.1, 0.15) is 24.2 Å². The number of fused-ring (bicyclic) bond motifs is 2. The van der Waals surface area contributed by atoms with Gasteiger partial charge >= 0.3 is 0 Å². The Bertz CT molecular complexity index is 1110. The number of phenols is 1. The van der Waals surface area contributed by atoms with Gasteiger partial charge in [-0.05, 0) is 29.9 Å². The number of rotatable bonds is 11. The lowest BCUT2D eigenvalue weighted by Crippen LogP contribution is -2.28. The van der Waals surface area contributed by atoms with E-state index in [-0.39, 0.29) is 23.7 Å². The van der Waals surface area contributed by atoms with E-state index in [0.29, 0.717) is 25.6 Å². The zero-order chi connectivity index (χ0) is 24.3. The highest BCUT2D eigenvalue weighted by Gasteiger charge is 2.24. The van der Waals surface area contributed by atoms with E-state index >= 15 is 0 Å². The van der Waals surface area contributed by atoms with Crippen molar-refractivity contribution in [1.82, 2.24) is 0 Å². The number of phenolic OH excluding ortho intramolecular Hbond substituents is 1. The van der Waals surface area contributed by atoms with Crippen LogP contribution < -0.4 is 4.74 Å². The van der Waals surface area contributed by atoms with E-state index in [0.717, 1.165) is 46.7 Å². The van der Waals surface area contributed by atoms with E-state index in [1.807, 2.05) is 24.3 Å². The molecule has 0 bridgehead atoms. The predicted molar refractivity (Wildman–Crippen MR) is 137 cm³/mol. The highest BCUT2D eigenvalue weighted by Crippen LogP contribution is 2.43. The summed E-state index contributed by atoms with van der Waals surface area (Å²) in [6.07, 6.45) is 2.00. The van der Waals surface area contributed by atoms with Crippen LogP contribution in [0, 0.1) is 0 Å². The average Bonchev–Trinajstić information content (AvgIpc) is 3.66. The third kappa shape index (κ3) is 5.65. The van der Waals surface area contributed by atoms with Gasteiger partial charge < -0.3 is 24.1 Å². The van der Waals surface area contributed by atoms with Gasteiger partial charge in [0.05, 0.1) is 32.0 Å². The molecule has 3 aromatic rings. The third-order valence-corrected chi connectivity index (χ3v) is 6.57. The van der Waals surface area contributed by atoms with Crippen molar-refractivity contribution < 1.29 is 24.1 Å². The maximum atomic E-state index is 11.1. The molecule has 1 N–H and O–H groups in total. The minimum absolute atomic E-state index is 0.0159. The molecule has 0 radical (unpaired) electrons. The summed E-state index contributed by atoms with van der Waals surface area (Å²) in [5, 5.41) is 14.5. The fraction of sp³-hybridized carbons (Fsp3) is 0.517. The summed E-state index contributed by atoms with van der Waals surface area (Å²) in [5.41, 5.74) is 1.16. The second kappa shape index (κ2) is 10.5. The second-order valence-corrected chi connectivity index (χ2v) is 10.2. The minimum Gasteiger partial charge on any atom is -0.507 e. The van der Waals surface area contributed by atoms with Gasteiger partial charge in [0, 0.05) is 21.5 Å². The van der Waals surface area contributed by atoms with Crippen LogP contribution in [0.25, 0.3) is 21.5 Å². The molecule has 3 atom stereocenters. The van der Waals surface area contributed by atoms with Crippen molar-refractivity contribution in [2.75, 3.05) is 26.4 Å². The van der Waals surface area contributed by atoms with Gasteiger partial charge in [0.2, 0.25) is 0 Å². The molecule has 5 heteroatoms. The first-order valence-electron chi connectivity index (χ1n) is 12.5. The monoisotopic (exact) mass is 466 g/mol. The van der Waals surface area contributed by atoms with E-state index in [1.54, 1.807) is 0 Å². The number of benzene rings is 3. The first kappa shape index (κ1) is 24.8. The molecule has 5 nitrogen and oxygen atoms in total. The standard InChI is InChI=1S/C29H38O5/c1-6-20(32-17-22-18-33-22)15-31-21(7-2)16-34-28-24-11-9-8-10-23(24)27(30)26-14-19(29(3,4)5)12-13-25(26)28/h8-14,20-22,30H,6-7,15-18H2,1-5H3. The summed E-state index contributed by atoms with van der Waals surface area (Å²) in [6.45, 7) is 13.2. The fourth-order valence-corrected chi connectivity index (χ4v) is 4.13. The Morgan fingerprint density at radius 3 is 2.21 bits per heavy atom. The molecular weight excluding hydrogens is 428 g/mol. The molecule has 1 heterocycles. The van der Waals surface area contributed by atoms with E-state index in [1.165, 1.54) is 5.56 Å². The molecule has 0 spiro atoms. The zero-order valence-corrected chi connectivity index (χ0v) is 21.1. The van der Waals surface area contributed by atoms with Gasteiger partial charge in [-0.1, -0.05) is 71.0 Å². The van der Waals surface area contributed by atoms with E-state index < -0.39 is 0 Å². The van der Waals surface area contributed by atoms with E-state index in [2.05, 4.69) is 52.8 Å². The van der Waals surface area contributed by atoms with Gasteiger partial charge in [-0.2, -0.15) is 0 Å². The topological polar surface area (TPSA) is 60.5 Å². The molecule has 1 aliphatic rings. The molecule has 0 amide bonds. The van der Waals surface area contributed by atoms with Crippen LogP contribution in [0.5, 0.6) is 11.5 Å². The molecule has 4 rings (SSSR count). The Morgan fingerprint density at radius 1 is 0.912 bits per heavy atom. The predicted octanol–water partition coefficient (Wildman–Crippen LogP) is 6.36. The molecular formula is C29H38O5. The Morgan fingerprint density at radius 2 is 1.56 bits per heavy atom. The van der Waals surface area contributed by atoms with Crippen LogP contribution in [0.4, 0.5) is 0 Å². The summed E-state index contributed by atoms with van der Waals surface area (Å²) in [5.74, 6) is 1.09. The van der Waals surface area contributed by atoms with Crippen molar-refractivity contribution >= 4 is 21.5 Å². The fourth-order valence-electron chi connectivity index (χ4n) is 4.13. The molecule has 3 unspecified atom stereocenters. The lowest BCUT2D eigenvalue weighted by molar-refractivity contribution is -0.0593. The number of epoxide rings is 1. The molecule has 1 saturated heterocycles. The first-order chi connectivity index (χ1) is 16.3. The highest BCUT2D eigenvalue weighted by molar-refractivity contribution is 6.11. The summed E-state index contributed by atoms with van der Waals surface area (Å²) >= 11 is 0. The van der Waals surface area contributed by atoms with Gasteiger partial charge in [-0.3, -0.25) is 0 Å². The summed E-state index contributed by atoms with van der Waals surface area (Å²) in [7, 11) is 0. The van der Waals surface area contributed by atoms with Crippen molar-refractivity contribution in [2.45, 2.75) is 71.2 Å². The summed E-state index contributed by atoms with van der Waals surface area (Å²) in [4.78, 5) is 0. The Hall–Kier alpha value is -2.34. The first-order valence-corrected chi connectivity index (χ1v) is 12.5. The smallest absolute Gasteiger partial charge is 0.135 e. The molecule has 34 heavy (non-hydrogen) atoms. The second-order valence-electron chi connectivity index (χ2n) is 10.2. The Labute approximate surface area is 203 Å². The quantitative estimate of drug-likeness (QED) is 0.263. The van der Waals surface area contributed by atoms with Crippen molar-refractivity contribution in [3.05, 3.63) is 48.0 Å².